The number of thioether (sulfide) groups is 1. The van der Waals surface area contributed by atoms with Crippen LogP contribution in [0.15, 0.2) is 12.5 Å². The predicted octanol–water partition coefficient (Wildman–Crippen LogP) is 1.81. The van der Waals surface area contributed by atoms with Crippen LogP contribution in [0.5, 0.6) is 0 Å². The van der Waals surface area contributed by atoms with Gasteiger partial charge in [0.25, 0.3) is 0 Å². The van der Waals surface area contributed by atoms with Crippen LogP contribution in [0, 0.1) is 6.92 Å². The lowest BCUT2D eigenvalue weighted by molar-refractivity contribution is 0.850. The predicted molar refractivity (Wildman–Crippen MR) is 79.2 cm³/mol. The second kappa shape index (κ2) is 7.35. The smallest absolute Gasteiger partial charge is 0.106 e. The molecule has 2 aromatic heterocycles. The van der Waals surface area contributed by atoms with Crippen molar-refractivity contribution < 1.29 is 0 Å². The Morgan fingerprint density at radius 3 is 2.95 bits per heavy atom. The number of imidazole rings is 2. The molecular formula is C13H21N5S. The monoisotopic (exact) mass is 279 g/mol. The second-order valence-corrected chi connectivity index (χ2v) is 5.63. The van der Waals surface area contributed by atoms with E-state index in [1.807, 2.05) is 18.0 Å². The largest absolute Gasteiger partial charge is 0.348 e. The van der Waals surface area contributed by atoms with E-state index in [1.165, 1.54) is 5.69 Å². The van der Waals surface area contributed by atoms with Crippen molar-refractivity contribution in [3.63, 3.8) is 0 Å². The first-order valence-corrected chi connectivity index (χ1v) is 7.74. The van der Waals surface area contributed by atoms with E-state index in [0.29, 0.717) is 6.54 Å². The Morgan fingerprint density at radius 1 is 1.32 bits per heavy atom. The number of aromatic nitrogens is 4. The summed E-state index contributed by atoms with van der Waals surface area (Å²) in [6.07, 6.45) is 6.65. The van der Waals surface area contributed by atoms with E-state index in [0.717, 1.165) is 48.0 Å². The third-order valence-corrected chi connectivity index (χ3v) is 4.03. The van der Waals surface area contributed by atoms with Gasteiger partial charge in [0, 0.05) is 36.2 Å². The van der Waals surface area contributed by atoms with Gasteiger partial charge in [0.15, 0.2) is 0 Å². The van der Waals surface area contributed by atoms with E-state index in [9.17, 15) is 0 Å². The number of nitrogens with zero attached hydrogens (tertiary/aromatic N) is 2. The van der Waals surface area contributed by atoms with Crippen molar-refractivity contribution in [2.75, 3.05) is 12.3 Å². The van der Waals surface area contributed by atoms with Gasteiger partial charge in [-0.2, -0.15) is 11.8 Å². The van der Waals surface area contributed by atoms with E-state index < -0.39 is 0 Å². The standard InChI is InChI=1S/C13H21N5S/c1-10-12(17-9-16-10)8-19-6-2-3-13-15-7-11(18-13)4-5-14/h7,9H,2-6,8,14H2,1H3,(H,15,18)(H,16,17). The van der Waals surface area contributed by atoms with Gasteiger partial charge in [-0.25, -0.2) is 9.97 Å². The first kappa shape index (κ1) is 14.1. The van der Waals surface area contributed by atoms with Gasteiger partial charge in [0.2, 0.25) is 0 Å². The Kier molecular flexibility index (Phi) is 5.47. The number of H-pyrrole nitrogens is 2. The maximum atomic E-state index is 5.51. The molecule has 19 heavy (non-hydrogen) atoms. The van der Waals surface area contributed by atoms with E-state index in [-0.39, 0.29) is 0 Å². The molecule has 2 aromatic rings. The number of rotatable bonds is 8. The molecule has 0 saturated carbocycles. The summed E-state index contributed by atoms with van der Waals surface area (Å²) in [5.41, 5.74) is 8.98. The third kappa shape index (κ3) is 4.40. The number of aryl methyl sites for hydroxylation is 2. The van der Waals surface area contributed by atoms with Crippen LogP contribution in [0.3, 0.4) is 0 Å². The van der Waals surface area contributed by atoms with Crippen molar-refractivity contribution in [1.29, 1.82) is 0 Å². The minimum atomic E-state index is 0.667. The van der Waals surface area contributed by atoms with Crippen molar-refractivity contribution in [3.05, 3.63) is 35.4 Å². The average molecular weight is 279 g/mol. The molecule has 0 saturated heterocycles. The maximum Gasteiger partial charge on any atom is 0.106 e. The molecule has 0 spiro atoms. The van der Waals surface area contributed by atoms with Crippen LogP contribution < -0.4 is 5.73 Å². The van der Waals surface area contributed by atoms with Crippen molar-refractivity contribution in [2.45, 2.75) is 31.9 Å². The molecule has 0 amide bonds. The molecule has 0 aliphatic rings. The van der Waals surface area contributed by atoms with Crippen LogP contribution >= 0.6 is 11.8 Å². The summed E-state index contributed by atoms with van der Waals surface area (Å²) in [5.74, 6) is 3.17. The normalized spacial score (nSPS) is 11.1. The van der Waals surface area contributed by atoms with Crippen molar-refractivity contribution in [2.24, 2.45) is 5.73 Å². The highest BCUT2D eigenvalue weighted by atomic mass is 32.2. The van der Waals surface area contributed by atoms with E-state index in [4.69, 9.17) is 5.73 Å². The summed E-state index contributed by atoms with van der Waals surface area (Å²) in [6.45, 7) is 2.73. The van der Waals surface area contributed by atoms with Crippen LogP contribution in [0.2, 0.25) is 0 Å². The molecule has 0 aromatic carbocycles. The molecule has 5 nitrogen and oxygen atoms in total. The Hall–Kier alpha value is -1.27. The summed E-state index contributed by atoms with van der Waals surface area (Å²) >= 11 is 1.92. The maximum absolute atomic E-state index is 5.51. The number of hydrogen-bond donors (Lipinski definition) is 3. The summed E-state index contributed by atoms with van der Waals surface area (Å²) < 4.78 is 0. The lowest BCUT2D eigenvalue weighted by Gasteiger charge is -2.00. The minimum Gasteiger partial charge on any atom is -0.348 e. The molecule has 104 valence electrons. The van der Waals surface area contributed by atoms with Gasteiger partial charge < -0.3 is 15.7 Å². The lowest BCUT2D eigenvalue weighted by atomic mass is 10.3. The van der Waals surface area contributed by atoms with Gasteiger partial charge in [-0.1, -0.05) is 0 Å². The summed E-state index contributed by atoms with van der Waals surface area (Å²) in [7, 11) is 0. The topological polar surface area (TPSA) is 83.4 Å². The zero-order valence-electron chi connectivity index (χ0n) is 11.3. The summed E-state index contributed by atoms with van der Waals surface area (Å²) in [5, 5.41) is 0. The number of nitrogens with two attached hydrogens (primary N) is 1. The molecule has 4 N–H and O–H groups in total. The first-order valence-electron chi connectivity index (χ1n) is 6.59. The number of nitrogens with one attached hydrogen (secondary N) is 2. The van der Waals surface area contributed by atoms with E-state index in [2.05, 4.69) is 26.9 Å². The molecule has 0 radical (unpaired) electrons. The number of hydrogen-bond acceptors (Lipinski definition) is 4. The molecule has 2 heterocycles. The average Bonchev–Trinajstić information content (AvgIpc) is 3.00. The summed E-state index contributed by atoms with van der Waals surface area (Å²) in [6, 6.07) is 0. The van der Waals surface area contributed by atoms with Crippen LogP contribution in [0.1, 0.15) is 29.3 Å². The van der Waals surface area contributed by atoms with Gasteiger partial charge >= 0.3 is 0 Å². The van der Waals surface area contributed by atoms with Crippen LogP contribution in [0.4, 0.5) is 0 Å². The SMILES string of the molecule is Cc1[nH]cnc1CSCCCc1ncc(CCN)[nH]1. The lowest BCUT2D eigenvalue weighted by Crippen LogP contribution is -2.02. The zero-order valence-corrected chi connectivity index (χ0v) is 12.1. The molecule has 0 bridgehead atoms. The molecular weight excluding hydrogens is 258 g/mol. The highest BCUT2D eigenvalue weighted by Gasteiger charge is 2.02. The van der Waals surface area contributed by atoms with Crippen molar-refractivity contribution in [1.82, 2.24) is 19.9 Å². The van der Waals surface area contributed by atoms with Crippen molar-refractivity contribution >= 4 is 11.8 Å². The van der Waals surface area contributed by atoms with Crippen LogP contribution in [0.25, 0.3) is 0 Å². The second-order valence-electron chi connectivity index (χ2n) is 4.52. The molecule has 6 heteroatoms. The highest BCUT2D eigenvalue weighted by molar-refractivity contribution is 7.98. The Labute approximate surface area is 117 Å². The Bertz CT molecular complexity index is 491. The molecule has 0 unspecified atom stereocenters. The molecule has 0 aliphatic carbocycles. The number of aromatic amines is 2. The fourth-order valence-electron chi connectivity index (χ4n) is 1.86. The molecule has 0 aliphatic heterocycles. The molecule has 0 atom stereocenters. The van der Waals surface area contributed by atoms with Gasteiger partial charge in [0.05, 0.1) is 12.0 Å². The molecule has 2 rings (SSSR count). The summed E-state index contributed by atoms with van der Waals surface area (Å²) in [4.78, 5) is 15.1. The van der Waals surface area contributed by atoms with Crippen molar-refractivity contribution in [3.8, 4) is 0 Å². The highest BCUT2D eigenvalue weighted by Crippen LogP contribution is 2.14. The Balaban J connectivity index is 1.62. The third-order valence-electron chi connectivity index (χ3n) is 2.97. The zero-order chi connectivity index (χ0) is 13.5. The first-order chi connectivity index (χ1) is 9.29. The van der Waals surface area contributed by atoms with Gasteiger partial charge in [-0.3, -0.25) is 0 Å². The van der Waals surface area contributed by atoms with Gasteiger partial charge in [-0.15, -0.1) is 0 Å². The van der Waals surface area contributed by atoms with E-state index >= 15 is 0 Å². The fraction of sp³-hybridized carbons (Fsp3) is 0.538. The van der Waals surface area contributed by atoms with Crippen LogP contribution in [-0.2, 0) is 18.6 Å². The van der Waals surface area contributed by atoms with Crippen LogP contribution in [-0.4, -0.2) is 32.2 Å². The van der Waals surface area contributed by atoms with E-state index in [1.54, 1.807) is 6.33 Å². The molecule has 0 fully saturated rings. The minimum absolute atomic E-state index is 0.667. The fourth-order valence-corrected chi connectivity index (χ4v) is 2.84. The Morgan fingerprint density at radius 2 is 2.21 bits per heavy atom. The van der Waals surface area contributed by atoms with Gasteiger partial charge in [0.1, 0.15) is 5.82 Å². The van der Waals surface area contributed by atoms with Gasteiger partial charge in [-0.05, 0) is 25.6 Å². The quantitative estimate of drug-likeness (QED) is 0.643.